The van der Waals surface area contributed by atoms with Gasteiger partial charge in [0.15, 0.2) is 11.5 Å². The molecule has 0 saturated heterocycles. The lowest BCUT2D eigenvalue weighted by atomic mass is 10.1. The number of halogens is 3. The smallest absolute Gasteiger partial charge is 0.396 e. The third-order valence-electron chi connectivity index (χ3n) is 3.29. The minimum absolute atomic E-state index is 0.0190. The van der Waals surface area contributed by atoms with Gasteiger partial charge in [-0.3, -0.25) is 0 Å². The summed E-state index contributed by atoms with van der Waals surface area (Å²) in [6.45, 7) is 5.21. The second-order valence-corrected chi connectivity index (χ2v) is 4.91. The van der Waals surface area contributed by atoms with Crippen LogP contribution in [0.4, 0.5) is 19.0 Å². The van der Waals surface area contributed by atoms with Crippen LogP contribution in [0.25, 0.3) is 5.65 Å². The van der Waals surface area contributed by atoms with E-state index in [0.29, 0.717) is 27.9 Å². The second kappa shape index (κ2) is 5.47. The SMILES string of the molecule is Cc1c(NC(C)CCO)nn2c(C(F)(F)F)nnc2c1C. The van der Waals surface area contributed by atoms with Crippen molar-refractivity contribution in [3.63, 3.8) is 0 Å². The summed E-state index contributed by atoms with van der Waals surface area (Å²) in [7, 11) is 0. The quantitative estimate of drug-likeness (QED) is 0.903. The van der Waals surface area contributed by atoms with Gasteiger partial charge >= 0.3 is 6.18 Å². The Hall–Kier alpha value is -1.90. The first-order valence-corrected chi connectivity index (χ1v) is 6.43. The summed E-state index contributed by atoms with van der Waals surface area (Å²) in [5.41, 5.74) is 1.36. The Kier molecular flexibility index (Phi) is 4.04. The summed E-state index contributed by atoms with van der Waals surface area (Å²) < 4.78 is 39.3. The zero-order valence-electron chi connectivity index (χ0n) is 11.9. The molecule has 2 N–H and O–H groups in total. The molecule has 1 unspecified atom stereocenters. The number of nitrogens with one attached hydrogen (secondary N) is 1. The molecule has 0 aromatic carbocycles. The maximum atomic E-state index is 12.9. The molecule has 2 heterocycles. The van der Waals surface area contributed by atoms with Gasteiger partial charge in [-0.15, -0.1) is 15.3 Å². The number of nitrogens with zero attached hydrogens (tertiary/aromatic N) is 4. The molecule has 2 rings (SSSR count). The predicted molar refractivity (Wildman–Crippen MR) is 70.0 cm³/mol. The number of alkyl halides is 3. The molecule has 2 aromatic heterocycles. The van der Waals surface area contributed by atoms with E-state index in [1.165, 1.54) is 0 Å². The first kappa shape index (κ1) is 15.5. The Labute approximate surface area is 119 Å². The highest BCUT2D eigenvalue weighted by molar-refractivity contribution is 5.58. The maximum absolute atomic E-state index is 12.9. The summed E-state index contributed by atoms with van der Waals surface area (Å²) in [5.74, 6) is -0.829. The molecule has 2 aromatic rings. The summed E-state index contributed by atoms with van der Waals surface area (Å²) in [6.07, 6.45) is -4.16. The van der Waals surface area contributed by atoms with E-state index in [1.807, 2.05) is 6.92 Å². The Balaban J connectivity index is 2.54. The molecule has 0 radical (unpaired) electrons. The topological polar surface area (TPSA) is 75.3 Å². The number of aliphatic hydroxyl groups excluding tert-OH is 1. The number of aliphatic hydroxyl groups is 1. The van der Waals surface area contributed by atoms with Gasteiger partial charge in [0.2, 0.25) is 0 Å². The summed E-state index contributed by atoms with van der Waals surface area (Å²) in [6, 6.07) is -0.121. The van der Waals surface area contributed by atoms with Gasteiger partial charge in [-0.1, -0.05) is 0 Å². The number of aryl methyl sites for hydroxylation is 1. The normalized spacial score (nSPS) is 13.7. The molecule has 0 saturated carbocycles. The summed E-state index contributed by atoms with van der Waals surface area (Å²) in [4.78, 5) is 0. The van der Waals surface area contributed by atoms with Crippen molar-refractivity contribution in [1.82, 2.24) is 19.8 Å². The van der Waals surface area contributed by atoms with Crippen molar-refractivity contribution >= 4 is 11.5 Å². The standard InChI is InChI=1S/C12H16F3N5O/c1-6(4-5-21)16-9-7(2)8(3)10-17-18-11(12(13,14)15)20(10)19-9/h6,21H,4-5H2,1-3H3,(H,16,19). The Morgan fingerprint density at radius 2 is 1.90 bits per heavy atom. The number of hydrogen-bond acceptors (Lipinski definition) is 5. The molecular weight excluding hydrogens is 287 g/mol. The maximum Gasteiger partial charge on any atom is 0.453 e. The fourth-order valence-corrected chi connectivity index (χ4v) is 1.94. The van der Waals surface area contributed by atoms with Crippen molar-refractivity contribution in [2.75, 3.05) is 11.9 Å². The van der Waals surface area contributed by atoms with Crippen LogP contribution in [0.15, 0.2) is 0 Å². The van der Waals surface area contributed by atoms with Crippen molar-refractivity contribution in [3.8, 4) is 0 Å². The average Bonchev–Trinajstić information content (AvgIpc) is 2.79. The van der Waals surface area contributed by atoms with E-state index >= 15 is 0 Å². The van der Waals surface area contributed by atoms with E-state index in [4.69, 9.17) is 5.11 Å². The highest BCUT2D eigenvalue weighted by Gasteiger charge is 2.38. The molecule has 0 spiro atoms. The third-order valence-corrected chi connectivity index (χ3v) is 3.29. The lowest BCUT2D eigenvalue weighted by molar-refractivity contribution is -0.146. The number of anilines is 1. The average molecular weight is 303 g/mol. The number of fused-ring (bicyclic) bond motifs is 1. The molecule has 0 amide bonds. The van der Waals surface area contributed by atoms with E-state index < -0.39 is 12.0 Å². The van der Waals surface area contributed by atoms with E-state index in [0.717, 1.165) is 0 Å². The fourth-order valence-electron chi connectivity index (χ4n) is 1.94. The van der Waals surface area contributed by atoms with Gasteiger partial charge < -0.3 is 10.4 Å². The van der Waals surface area contributed by atoms with Crippen LogP contribution in [0.3, 0.4) is 0 Å². The van der Waals surface area contributed by atoms with Crippen LogP contribution in [0.5, 0.6) is 0 Å². The van der Waals surface area contributed by atoms with Crippen LogP contribution in [0.2, 0.25) is 0 Å². The van der Waals surface area contributed by atoms with Crippen LogP contribution >= 0.6 is 0 Å². The highest BCUT2D eigenvalue weighted by atomic mass is 19.4. The van der Waals surface area contributed by atoms with Crippen molar-refractivity contribution in [1.29, 1.82) is 0 Å². The molecule has 0 fully saturated rings. The van der Waals surface area contributed by atoms with Gasteiger partial charge in [-0.05, 0) is 32.8 Å². The van der Waals surface area contributed by atoms with Crippen LogP contribution < -0.4 is 5.32 Å². The van der Waals surface area contributed by atoms with E-state index in [9.17, 15) is 13.2 Å². The first-order valence-electron chi connectivity index (χ1n) is 6.43. The molecule has 21 heavy (non-hydrogen) atoms. The minimum Gasteiger partial charge on any atom is -0.396 e. The molecular formula is C12H16F3N5O. The van der Waals surface area contributed by atoms with Gasteiger partial charge in [0.1, 0.15) is 0 Å². The van der Waals surface area contributed by atoms with Crippen LogP contribution in [-0.2, 0) is 6.18 Å². The largest absolute Gasteiger partial charge is 0.453 e. The zero-order valence-corrected chi connectivity index (χ0v) is 11.9. The molecule has 0 aliphatic heterocycles. The zero-order chi connectivity index (χ0) is 15.8. The molecule has 0 aliphatic rings. The first-order chi connectivity index (χ1) is 9.75. The Bertz CT molecular complexity index is 652. The van der Waals surface area contributed by atoms with Gasteiger partial charge in [0, 0.05) is 18.2 Å². The molecule has 0 aliphatic carbocycles. The lowest BCUT2D eigenvalue weighted by Crippen LogP contribution is -2.20. The summed E-state index contributed by atoms with van der Waals surface area (Å²) >= 11 is 0. The van der Waals surface area contributed by atoms with Crippen molar-refractivity contribution in [2.24, 2.45) is 0 Å². The number of hydrogen-bond donors (Lipinski definition) is 2. The molecule has 1 atom stereocenters. The summed E-state index contributed by atoms with van der Waals surface area (Å²) in [5, 5.41) is 22.6. The van der Waals surface area contributed by atoms with Gasteiger partial charge in [-0.25, -0.2) is 0 Å². The molecule has 0 bridgehead atoms. The van der Waals surface area contributed by atoms with Crippen molar-refractivity contribution in [2.45, 2.75) is 39.4 Å². The number of aromatic nitrogens is 4. The monoisotopic (exact) mass is 303 g/mol. The van der Waals surface area contributed by atoms with Gasteiger partial charge in [0.05, 0.1) is 0 Å². The van der Waals surface area contributed by atoms with Gasteiger partial charge in [0.25, 0.3) is 5.82 Å². The van der Waals surface area contributed by atoms with Crippen molar-refractivity contribution < 1.29 is 18.3 Å². The highest BCUT2D eigenvalue weighted by Crippen LogP contribution is 2.29. The van der Waals surface area contributed by atoms with Crippen LogP contribution in [0.1, 0.15) is 30.3 Å². The lowest BCUT2D eigenvalue weighted by Gasteiger charge is -2.16. The molecule has 9 heteroatoms. The third kappa shape index (κ3) is 2.92. The van der Waals surface area contributed by atoms with E-state index in [1.54, 1.807) is 13.8 Å². The van der Waals surface area contributed by atoms with E-state index in [2.05, 4.69) is 20.6 Å². The van der Waals surface area contributed by atoms with Crippen LogP contribution in [-0.4, -0.2) is 37.6 Å². The van der Waals surface area contributed by atoms with E-state index in [-0.39, 0.29) is 18.3 Å². The van der Waals surface area contributed by atoms with Gasteiger partial charge in [-0.2, -0.15) is 17.7 Å². The number of rotatable bonds is 4. The van der Waals surface area contributed by atoms with Crippen LogP contribution in [0, 0.1) is 13.8 Å². The Morgan fingerprint density at radius 3 is 2.48 bits per heavy atom. The van der Waals surface area contributed by atoms with Crippen molar-refractivity contribution in [3.05, 3.63) is 17.0 Å². The fraction of sp³-hybridized carbons (Fsp3) is 0.583. The minimum atomic E-state index is -4.62. The predicted octanol–water partition coefficient (Wildman–Crippen LogP) is 1.94. The molecule has 6 nitrogen and oxygen atoms in total. The second-order valence-electron chi connectivity index (χ2n) is 4.91. The Morgan fingerprint density at radius 1 is 1.24 bits per heavy atom. The molecule has 116 valence electrons.